The van der Waals surface area contributed by atoms with Crippen molar-refractivity contribution in [2.45, 2.75) is 39.3 Å². The summed E-state index contributed by atoms with van der Waals surface area (Å²) in [6.45, 7) is 5.96. The van der Waals surface area contributed by atoms with E-state index in [4.69, 9.17) is 4.74 Å². The molecular weight excluding hydrogens is 234 g/mol. The Kier molecular flexibility index (Phi) is 7.28. The van der Waals surface area contributed by atoms with Crippen molar-refractivity contribution < 1.29 is 9.53 Å². The quantitative estimate of drug-likeness (QED) is 0.731. The molecule has 0 aromatic rings. The van der Waals surface area contributed by atoms with Gasteiger partial charge in [-0.1, -0.05) is 15.9 Å². The molecule has 0 rings (SSSR count). The molecule has 78 valence electrons. The number of carbonyl (C=O) groups is 1. The minimum absolute atomic E-state index is 0.0397. The Balaban J connectivity index is 3.50. The molecule has 0 saturated carbocycles. The molecule has 0 radical (unpaired) electrons. The van der Waals surface area contributed by atoms with Crippen molar-refractivity contribution in [1.29, 1.82) is 0 Å². The highest BCUT2D eigenvalue weighted by Crippen LogP contribution is 1.95. The van der Waals surface area contributed by atoms with Gasteiger partial charge >= 0.3 is 0 Å². The van der Waals surface area contributed by atoms with Crippen molar-refractivity contribution in [1.82, 2.24) is 5.32 Å². The van der Waals surface area contributed by atoms with Crippen LogP contribution >= 0.6 is 15.9 Å². The number of hydrogen-bond donors (Lipinski definition) is 1. The second-order valence-electron chi connectivity index (χ2n) is 3.31. The highest BCUT2D eigenvalue weighted by Gasteiger charge is 2.06. The van der Waals surface area contributed by atoms with Crippen LogP contribution < -0.4 is 5.32 Å². The van der Waals surface area contributed by atoms with Gasteiger partial charge in [-0.3, -0.25) is 4.79 Å². The molecule has 1 unspecified atom stereocenters. The number of rotatable bonds is 6. The van der Waals surface area contributed by atoms with Crippen LogP contribution in [0.5, 0.6) is 0 Å². The lowest BCUT2D eigenvalue weighted by atomic mass is 10.2. The van der Waals surface area contributed by atoms with Gasteiger partial charge in [-0.05, 0) is 27.2 Å². The van der Waals surface area contributed by atoms with Crippen LogP contribution in [-0.4, -0.2) is 30.0 Å². The van der Waals surface area contributed by atoms with Crippen molar-refractivity contribution in [2.75, 3.05) is 11.9 Å². The Bertz CT molecular complexity index is 151. The summed E-state index contributed by atoms with van der Waals surface area (Å²) in [4.78, 5) is 11.2. The van der Waals surface area contributed by atoms with Crippen molar-refractivity contribution >= 4 is 21.8 Å². The zero-order chi connectivity index (χ0) is 10.3. The molecule has 0 aromatic carbocycles. The summed E-state index contributed by atoms with van der Waals surface area (Å²) in [7, 11) is 0. The first kappa shape index (κ1) is 12.9. The zero-order valence-corrected chi connectivity index (χ0v) is 10.1. The highest BCUT2D eigenvalue weighted by atomic mass is 79.9. The van der Waals surface area contributed by atoms with Crippen LogP contribution in [0.4, 0.5) is 0 Å². The monoisotopic (exact) mass is 251 g/mol. The summed E-state index contributed by atoms with van der Waals surface area (Å²) >= 11 is 3.32. The second-order valence-corrected chi connectivity index (χ2v) is 4.10. The van der Waals surface area contributed by atoms with E-state index in [0.717, 1.165) is 11.8 Å². The van der Waals surface area contributed by atoms with Crippen LogP contribution in [0, 0.1) is 0 Å². The normalized spacial score (nSPS) is 13.0. The predicted molar refractivity (Wildman–Crippen MR) is 57.1 cm³/mol. The molecule has 1 amide bonds. The molecule has 13 heavy (non-hydrogen) atoms. The maximum Gasteiger partial charge on any atom is 0.246 e. The average molecular weight is 252 g/mol. The van der Waals surface area contributed by atoms with E-state index in [1.165, 1.54) is 0 Å². The molecule has 0 aliphatic rings. The van der Waals surface area contributed by atoms with Crippen LogP contribution in [0.3, 0.4) is 0 Å². The van der Waals surface area contributed by atoms with E-state index in [0.29, 0.717) is 0 Å². The van der Waals surface area contributed by atoms with Crippen LogP contribution in [0.2, 0.25) is 0 Å². The molecule has 0 aliphatic heterocycles. The van der Waals surface area contributed by atoms with E-state index in [-0.39, 0.29) is 24.7 Å². The van der Waals surface area contributed by atoms with E-state index < -0.39 is 0 Å². The number of alkyl halides is 1. The molecule has 0 spiro atoms. The van der Waals surface area contributed by atoms with E-state index in [1.807, 2.05) is 20.8 Å². The zero-order valence-electron chi connectivity index (χ0n) is 8.47. The summed E-state index contributed by atoms with van der Waals surface area (Å²) in [5.41, 5.74) is 0. The van der Waals surface area contributed by atoms with E-state index >= 15 is 0 Å². The van der Waals surface area contributed by atoms with Crippen molar-refractivity contribution in [2.24, 2.45) is 0 Å². The van der Waals surface area contributed by atoms with Crippen molar-refractivity contribution in [3.63, 3.8) is 0 Å². The standard InChI is InChI=1S/C9H18BrNO2/c1-7(2)13-6-9(12)11-8(3)4-5-10/h7-8H,4-6H2,1-3H3,(H,11,12). The van der Waals surface area contributed by atoms with Gasteiger partial charge in [0.05, 0.1) is 6.10 Å². The summed E-state index contributed by atoms with van der Waals surface area (Å²) in [6.07, 6.45) is 1.05. The number of ether oxygens (including phenoxy) is 1. The molecule has 1 N–H and O–H groups in total. The Hall–Kier alpha value is -0.0900. The number of amides is 1. The van der Waals surface area contributed by atoms with Crippen LogP contribution in [0.1, 0.15) is 27.2 Å². The third-order valence-corrected chi connectivity index (χ3v) is 1.96. The number of nitrogens with one attached hydrogen (secondary N) is 1. The van der Waals surface area contributed by atoms with Gasteiger partial charge in [0.2, 0.25) is 5.91 Å². The Morgan fingerprint density at radius 1 is 1.46 bits per heavy atom. The first-order chi connectivity index (χ1) is 6.06. The maximum absolute atomic E-state index is 11.2. The number of carbonyl (C=O) groups excluding carboxylic acids is 1. The first-order valence-corrected chi connectivity index (χ1v) is 5.65. The molecule has 0 aromatic heterocycles. The van der Waals surface area contributed by atoms with Crippen molar-refractivity contribution in [3.05, 3.63) is 0 Å². The Morgan fingerprint density at radius 3 is 2.54 bits per heavy atom. The van der Waals surface area contributed by atoms with Gasteiger partial charge in [0, 0.05) is 11.4 Å². The van der Waals surface area contributed by atoms with Gasteiger partial charge < -0.3 is 10.1 Å². The highest BCUT2D eigenvalue weighted by molar-refractivity contribution is 9.09. The molecule has 0 saturated heterocycles. The summed E-state index contributed by atoms with van der Waals surface area (Å²) in [6, 6.07) is 0.211. The lowest BCUT2D eigenvalue weighted by molar-refractivity contribution is -0.127. The fourth-order valence-electron chi connectivity index (χ4n) is 0.795. The maximum atomic E-state index is 11.2. The molecule has 4 heteroatoms. The smallest absolute Gasteiger partial charge is 0.246 e. The molecule has 1 atom stereocenters. The predicted octanol–water partition coefficient (Wildman–Crippen LogP) is 1.70. The summed E-state index contributed by atoms with van der Waals surface area (Å²) in [5.74, 6) is -0.0397. The molecule has 0 heterocycles. The minimum Gasteiger partial charge on any atom is -0.369 e. The van der Waals surface area contributed by atoms with Crippen molar-refractivity contribution in [3.8, 4) is 0 Å². The molecular formula is C9H18BrNO2. The van der Waals surface area contributed by atoms with Gasteiger partial charge in [0.15, 0.2) is 0 Å². The Labute approximate surface area is 88.4 Å². The average Bonchev–Trinajstić information content (AvgIpc) is 2.01. The molecule has 3 nitrogen and oxygen atoms in total. The van der Waals surface area contributed by atoms with Gasteiger partial charge in [0.25, 0.3) is 0 Å². The third kappa shape index (κ3) is 8.25. The second kappa shape index (κ2) is 7.33. The SMILES string of the molecule is CC(CCBr)NC(=O)COC(C)C. The lowest BCUT2D eigenvalue weighted by Crippen LogP contribution is -2.36. The first-order valence-electron chi connectivity index (χ1n) is 4.53. The number of halogens is 1. The van der Waals surface area contributed by atoms with Gasteiger partial charge in [-0.2, -0.15) is 0 Å². The summed E-state index contributed by atoms with van der Waals surface area (Å²) < 4.78 is 5.16. The molecule has 0 bridgehead atoms. The molecule has 0 aliphatic carbocycles. The van der Waals surface area contributed by atoms with Crippen LogP contribution in [0.15, 0.2) is 0 Å². The number of hydrogen-bond acceptors (Lipinski definition) is 2. The largest absolute Gasteiger partial charge is 0.369 e. The van der Waals surface area contributed by atoms with Gasteiger partial charge in [0.1, 0.15) is 6.61 Å². The van der Waals surface area contributed by atoms with E-state index in [1.54, 1.807) is 0 Å². The fourth-order valence-corrected chi connectivity index (χ4v) is 1.48. The van der Waals surface area contributed by atoms with E-state index in [9.17, 15) is 4.79 Å². The van der Waals surface area contributed by atoms with E-state index in [2.05, 4.69) is 21.2 Å². The summed E-state index contributed by atoms with van der Waals surface area (Å²) in [5, 5.41) is 3.74. The third-order valence-electron chi connectivity index (χ3n) is 1.50. The fraction of sp³-hybridized carbons (Fsp3) is 0.889. The van der Waals surface area contributed by atoms with Crippen LogP contribution in [-0.2, 0) is 9.53 Å². The Morgan fingerprint density at radius 2 is 2.08 bits per heavy atom. The van der Waals surface area contributed by atoms with Gasteiger partial charge in [-0.15, -0.1) is 0 Å². The molecule has 0 fully saturated rings. The minimum atomic E-state index is -0.0397. The van der Waals surface area contributed by atoms with Gasteiger partial charge in [-0.25, -0.2) is 0 Å². The van der Waals surface area contributed by atoms with Crippen LogP contribution in [0.25, 0.3) is 0 Å². The topological polar surface area (TPSA) is 38.3 Å². The lowest BCUT2D eigenvalue weighted by Gasteiger charge is -2.13.